The number of hydrogen-bond donors (Lipinski definition) is 1. The van der Waals surface area contributed by atoms with Gasteiger partial charge in [-0.2, -0.15) is 0 Å². The van der Waals surface area contributed by atoms with Crippen LogP contribution in [-0.2, 0) is 20.9 Å². The zero-order valence-corrected chi connectivity index (χ0v) is 13.3. The Morgan fingerprint density at radius 2 is 1.82 bits per heavy atom. The fourth-order valence-electron chi connectivity index (χ4n) is 1.89. The second kappa shape index (κ2) is 7.79. The van der Waals surface area contributed by atoms with E-state index < -0.39 is 29.8 Å². The summed E-state index contributed by atoms with van der Waals surface area (Å²) in [7, 11) is 0. The zero-order chi connectivity index (χ0) is 16.8. The quantitative estimate of drug-likeness (QED) is 0.854. The minimum atomic E-state index is -1.42. The zero-order valence-electron chi connectivity index (χ0n) is 13.3. The second-order valence-electron chi connectivity index (χ2n) is 5.94. The van der Waals surface area contributed by atoms with Gasteiger partial charge in [-0.25, -0.2) is 4.79 Å². The molecule has 0 unspecified atom stereocenters. The van der Waals surface area contributed by atoms with Crippen LogP contribution in [0.4, 0.5) is 4.79 Å². The number of carboxylic acid groups (broad SMARTS) is 1. The van der Waals surface area contributed by atoms with E-state index in [1.54, 1.807) is 39.8 Å². The number of hydrogen-bond acceptors (Lipinski definition) is 5. The summed E-state index contributed by atoms with van der Waals surface area (Å²) in [6.45, 7) is 7.00. The molecule has 0 aromatic heterocycles. The summed E-state index contributed by atoms with van der Waals surface area (Å²) >= 11 is 0. The molecule has 0 bridgehead atoms. The summed E-state index contributed by atoms with van der Waals surface area (Å²) in [5.41, 5.74) is 0.268. The first-order chi connectivity index (χ1) is 10.2. The van der Waals surface area contributed by atoms with E-state index >= 15 is 0 Å². The third-order valence-electron chi connectivity index (χ3n) is 2.75. The number of amides is 1. The van der Waals surface area contributed by atoms with E-state index in [0.717, 1.165) is 5.56 Å². The van der Waals surface area contributed by atoms with E-state index in [4.69, 9.17) is 9.47 Å². The van der Waals surface area contributed by atoms with E-state index in [9.17, 15) is 14.7 Å². The number of carbonyl (C=O) groups excluding carboxylic acids is 2. The molecule has 1 aromatic rings. The van der Waals surface area contributed by atoms with Crippen molar-refractivity contribution in [3.63, 3.8) is 0 Å². The van der Waals surface area contributed by atoms with Crippen LogP contribution in [0.1, 0.15) is 33.3 Å². The highest BCUT2D eigenvalue weighted by atomic mass is 16.6. The van der Waals surface area contributed by atoms with Gasteiger partial charge in [-0.15, -0.1) is 0 Å². The molecular weight excluding hydrogens is 286 g/mol. The van der Waals surface area contributed by atoms with E-state index in [1.165, 1.54) is 0 Å². The highest BCUT2D eigenvalue weighted by Crippen LogP contribution is 2.13. The van der Waals surface area contributed by atoms with E-state index in [1.807, 2.05) is 18.2 Å². The van der Waals surface area contributed by atoms with Gasteiger partial charge in [0.1, 0.15) is 6.61 Å². The Balaban J connectivity index is 2.55. The maximum absolute atomic E-state index is 11.7. The van der Waals surface area contributed by atoms with Crippen molar-refractivity contribution in [3.8, 4) is 0 Å². The lowest BCUT2D eigenvalue weighted by Gasteiger charge is -2.31. The first-order valence-electron chi connectivity index (χ1n) is 7.05. The molecule has 0 saturated carbocycles. The number of rotatable bonds is 6. The number of alkyl carbamates (subject to hydrolysis) is 1. The van der Waals surface area contributed by atoms with Crippen molar-refractivity contribution < 1.29 is 24.2 Å². The Morgan fingerprint density at radius 3 is 2.32 bits per heavy atom. The molecule has 1 rings (SSSR count). The van der Waals surface area contributed by atoms with Crippen LogP contribution in [0.5, 0.6) is 0 Å². The lowest BCUT2D eigenvalue weighted by atomic mass is 10.1. The van der Waals surface area contributed by atoms with Crippen molar-refractivity contribution in [2.45, 2.75) is 52.0 Å². The van der Waals surface area contributed by atoms with Crippen molar-refractivity contribution in [3.05, 3.63) is 35.9 Å². The van der Waals surface area contributed by atoms with Crippen molar-refractivity contribution in [1.29, 1.82) is 0 Å². The molecular formula is C16H22NO5-. The normalized spacial score (nSPS) is 14.0. The molecule has 6 heteroatoms. The van der Waals surface area contributed by atoms with Gasteiger partial charge in [0, 0.05) is 0 Å². The maximum Gasteiger partial charge on any atom is 0.408 e. The monoisotopic (exact) mass is 308 g/mol. The van der Waals surface area contributed by atoms with Crippen LogP contribution in [-0.4, -0.2) is 29.8 Å². The first-order valence-corrected chi connectivity index (χ1v) is 7.05. The van der Waals surface area contributed by atoms with Gasteiger partial charge in [0.25, 0.3) is 0 Å². The summed E-state index contributed by atoms with van der Waals surface area (Å²) in [4.78, 5) is 22.9. The molecule has 0 aliphatic rings. The molecule has 0 spiro atoms. The summed E-state index contributed by atoms with van der Waals surface area (Å²) < 4.78 is 10.5. The molecule has 122 valence electrons. The second-order valence-corrected chi connectivity index (χ2v) is 5.94. The predicted octanol–water partition coefficient (Wildman–Crippen LogP) is 1.23. The molecule has 0 aliphatic heterocycles. The predicted molar refractivity (Wildman–Crippen MR) is 78.9 cm³/mol. The highest BCUT2D eigenvalue weighted by Gasteiger charge is 2.26. The van der Waals surface area contributed by atoms with Crippen LogP contribution in [0.25, 0.3) is 0 Å². The summed E-state index contributed by atoms with van der Waals surface area (Å²) in [6.07, 6.45) is -1.59. The van der Waals surface area contributed by atoms with Gasteiger partial charge in [0.2, 0.25) is 0 Å². The SMILES string of the molecule is C[C@H](OC(C)(C)C)[C@H](NC(=O)OCc1ccccc1)C(=O)[O-]. The molecule has 1 amide bonds. The van der Waals surface area contributed by atoms with Gasteiger partial charge in [0.05, 0.1) is 23.7 Å². The average molecular weight is 308 g/mol. The minimum Gasteiger partial charge on any atom is -0.548 e. The first kappa shape index (κ1) is 18.0. The number of carboxylic acids is 1. The topological polar surface area (TPSA) is 87.7 Å². The highest BCUT2D eigenvalue weighted by molar-refractivity contribution is 5.79. The van der Waals surface area contributed by atoms with Crippen LogP contribution >= 0.6 is 0 Å². The van der Waals surface area contributed by atoms with Gasteiger partial charge in [0.15, 0.2) is 0 Å². The van der Waals surface area contributed by atoms with Gasteiger partial charge in [-0.3, -0.25) is 0 Å². The Kier molecular flexibility index (Phi) is 6.37. The largest absolute Gasteiger partial charge is 0.548 e. The third kappa shape index (κ3) is 6.58. The number of ether oxygens (including phenoxy) is 2. The standard InChI is InChI=1S/C16H23NO5/c1-11(22-16(2,3)4)13(14(18)19)17-15(20)21-10-12-8-6-5-7-9-12/h5-9,11,13H,10H2,1-4H3,(H,17,20)(H,18,19)/p-1/t11-,13-/m0/s1. The van der Waals surface area contributed by atoms with Crippen LogP contribution in [0.2, 0.25) is 0 Å². The van der Waals surface area contributed by atoms with Crippen molar-refractivity contribution >= 4 is 12.1 Å². The molecule has 0 radical (unpaired) electrons. The fraction of sp³-hybridized carbons (Fsp3) is 0.500. The minimum absolute atomic E-state index is 0.0565. The van der Waals surface area contributed by atoms with Gasteiger partial charge < -0.3 is 24.7 Å². The fourth-order valence-corrected chi connectivity index (χ4v) is 1.89. The van der Waals surface area contributed by atoms with E-state index in [-0.39, 0.29) is 6.61 Å². The van der Waals surface area contributed by atoms with Gasteiger partial charge >= 0.3 is 6.09 Å². The van der Waals surface area contributed by atoms with Crippen molar-refractivity contribution in [2.75, 3.05) is 0 Å². The van der Waals surface area contributed by atoms with E-state index in [2.05, 4.69) is 5.32 Å². The molecule has 2 atom stereocenters. The Hall–Kier alpha value is -2.08. The molecule has 6 nitrogen and oxygen atoms in total. The number of nitrogens with one attached hydrogen (secondary N) is 1. The number of carbonyl (C=O) groups is 2. The van der Waals surface area contributed by atoms with Crippen molar-refractivity contribution in [1.82, 2.24) is 5.32 Å². The molecule has 0 aliphatic carbocycles. The lowest BCUT2D eigenvalue weighted by Crippen LogP contribution is -2.55. The van der Waals surface area contributed by atoms with Crippen LogP contribution in [0.3, 0.4) is 0 Å². The molecule has 0 saturated heterocycles. The van der Waals surface area contributed by atoms with Crippen LogP contribution < -0.4 is 10.4 Å². The van der Waals surface area contributed by atoms with Crippen molar-refractivity contribution in [2.24, 2.45) is 0 Å². The van der Waals surface area contributed by atoms with E-state index in [0.29, 0.717) is 0 Å². The Bertz CT molecular complexity index is 495. The molecule has 22 heavy (non-hydrogen) atoms. The molecule has 0 fully saturated rings. The van der Waals surface area contributed by atoms with Gasteiger partial charge in [-0.1, -0.05) is 30.3 Å². The molecule has 0 heterocycles. The average Bonchev–Trinajstić information content (AvgIpc) is 2.41. The third-order valence-corrected chi connectivity index (χ3v) is 2.75. The van der Waals surface area contributed by atoms with Gasteiger partial charge in [-0.05, 0) is 33.3 Å². The smallest absolute Gasteiger partial charge is 0.408 e. The number of benzene rings is 1. The number of aliphatic carboxylic acids is 1. The molecule has 1 N–H and O–H groups in total. The summed E-state index contributed by atoms with van der Waals surface area (Å²) in [5.74, 6) is -1.42. The lowest BCUT2D eigenvalue weighted by molar-refractivity contribution is -0.311. The van der Waals surface area contributed by atoms with Crippen LogP contribution in [0, 0.1) is 0 Å². The summed E-state index contributed by atoms with van der Waals surface area (Å²) in [6, 6.07) is 7.80. The Labute approximate surface area is 130 Å². The van der Waals surface area contributed by atoms with Crippen LogP contribution in [0.15, 0.2) is 30.3 Å². The maximum atomic E-state index is 11.7. The summed E-state index contributed by atoms with van der Waals surface area (Å²) in [5, 5.41) is 13.4. The molecule has 1 aromatic carbocycles. The Morgan fingerprint density at radius 1 is 1.23 bits per heavy atom.